The summed E-state index contributed by atoms with van der Waals surface area (Å²) in [4.78, 5) is 12.3. The van der Waals surface area contributed by atoms with Crippen molar-refractivity contribution in [2.45, 2.75) is 111 Å². The first-order valence-electron chi connectivity index (χ1n) is 12.8. The molecule has 0 N–H and O–H groups in total. The van der Waals surface area contributed by atoms with Gasteiger partial charge < -0.3 is 0 Å². The lowest BCUT2D eigenvalue weighted by atomic mass is 9.44. The van der Waals surface area contributed by atoms with Gasteiger partial charge in [-0.2, -0.15) is 0 Å². The van der Waals surface area contributed by atoms with Crippen molar-refractivity contribution in [1.29, 1.82) is 0 Å². The van der Waals surface area contributed by atoms with Crippen LogP contribution in [-0.2, 0) is 4.79 Å². The molecule has 0 amide bonds. The molecular formula is C27H45ClO. The van der Waals surface area contributed by atoms with Gasteiger partial charge in [0.05, 0.1) is 5.38 Å². The second-order valence-electron chi connectivity index (χ2n) is 12.5. The zero-order valence-electron chi connectivity index (χ0n) is 19.7. The Morgan fingerprint density at radius 3 is 2.31 bits per heavy atom. The molecule has 0 heterocycles. The summed E-state index contributed by atoms with van der Waals surface area (Å²) in [5, 5.41) is -0.208. The Bertz CT molecular complexity index is 614. The average molecular weight is 421 g/mol. The van der Waals surface area contributed by atoms with Crippen LogP contribution in [0.3, 0.4) is 0 Å². The molecule has 0 spiro atoms. The van der Waals surface area contributed by atoms with Crippen LogP contribution < -0.4 is 0 Å². The smallest absolute Gasteiger partial charge is 0.151 e. The van der Waals surface area contributed by atoms with E-state index in [2.05, 4.69) is 34.6 Å². The highest BCUT2D eigenvalue weighted by Gasteiger charge is 2.61. The Morgan fingerprint density at radius 2 is 1.59 bits per heavy atom. The highest BCUT2D eigenvalue weighted by molar-refractivity contribution is 6.31. The van der Waals surface area contributed by atoms with E-state index in [0.717, 1.165) is 48.3 Å². The third-order valence-electron chi connectivity index (χ3n) is 10.7. The molecule has 166 valence electrons. The minimum absolute atomic E-state index is 0.208. The topological polar surface area (TPSA) is 17.1 Å². The molecule has 0 unspecified atom stereocenters. The number of fused-ring (bicyclic) bond motifs is 5. The van der Waals surface area contributed by atoms with E-state index in [0.29, 0.717) is 22.5 Å². The lowest BCUT2D eigenvalue weighted by Crippen LogP contribution is -2.56. The first-order chi connectivity index (χ1) is 13.7. The van der Waals surface area contributed by atoms with Crippen molar-refractivity contribution < 1.29 is 4.79 Å². The molecular weight excluding hydrogens is 376 g/mol. The van der Waals surface area contributed by atoms with Gasteiger partial charge in [0.2, 0.25) is 0 Å². The van der Waals surface area contributed by atoms with Crippen LogP contribution in [0.1, 0.15) is 105 Å². The number of alkyl halides is 1. The van der Waals surface area contributed by atoms with Crippen LogP contribution >= 0.6 is 11.6 Å². The van der Waals surface area contributed by atoms with Crippen LogP contribution in [0.15, 0.2) is 0 Å². The second-order valence-corrected chi connectivity index (χ2v) is 12.9. The number of halogens is 1. The number of carbonyl (C=O) groups excluding carboxylic acids is 1. The van der Waals surface area contributed by atoms with Crippen molar-refractivity contribution in [2.75, 3.05) is 0 Å². The van der Waals surface area contributed by atoms with Crippen molar-refractivity contribution in [3.8, 4) is 0 Å². The number of carbonyl (C=O) groups is 1. The molecule has 4 aliphatic carbocycles. The molecule has 4 fully saturated rings. The minimum atomic E-state index is -0.208. The third-order valence-corrected chi connectivity index (χ3v) is 11.3. The number of hydrogen-bond acceptors (Lipinski definition) is 1. The van der Waals surface area contributed by atoms with E-state index in [1.807, 2.05) is 0 Å². The summed E-state index contributed by atoms with van der Waals surface area (Å²) in [5.41, 5.74) is 0.873. The summed E-state index contributed by atoms with van der Waals surface area (Å²) < 4.78 is 0. The van der Waals surface area contributed by atoms with Gasteiger partial charge in [0.1, 0.15) is 0 Å². The summed E-state index contributed by atoms with van der Waals surface area (Å²) >= 11 is 6.69. The predicted octanol–water partition coefficient (Wildman–Crippen LogP) is 7.89. The number of hydrogen-bond donors (Lipinski definition) is 0. The van der Waals surface area contributed by atoms with Crippen LogP contribution in [0, 0.1) is 52.3 Å². The van der Waals surface area contributed by atoms with E-state index in [1.54, 1.807) is 0 Å². The fourth-order valence-corrected chi connectivity index (χ4v) is 9.64. The van der Waals surface area contributed by atoms with Crippen LogP contribution in [0.4, 0.5) is 0 Å². The maximum Gasteiger partial charge on any atom is 0.151 e. The molecule has 0 aromatic heterocycles. The minimum Gasteiger partial charge on any atom is -0.298 e. The number of Topliss-reactive ketones (excluding diaryl/α,β-unsaturated/α-hetero) is 1. The average Bonchev–Trinajstić information content (AvgIpc) is 3.02. The van der Waals surface area contributed by atoms with E-state index >= 15 is 0 Å². The summed E-state index contributed by atoms with van der Waals surface area (Å²) in [7, 11) is 0. The van der Waals surface area contributed by atoms with Gasteiger partial charge in [-0.1, -0.05) is 53.9 Å². The van der Waals surface area contributed by atoms with Crippen molar-refractivity contribution in [3.05, 3.63) is 0 Å². The largest absolute Gasteiger partial charge is 0.298 e. The Hall–Kier alpha value is -0.0400. The highest BCUT2D eigenvalue weighted by Crippen LogP contribution is 2.68. The first kappa shape index (κ1) is 22.2. The van der Waals surface area contributed by atoms with Crippen molar-refractivity contribution >= 4 is 17.4 Å². The van der Waals surface area contributed by atoms with Crippen LogP contribution in [0.25, 0.3) is 0 Å². The summed E-state index contributed by atoms with van der Waals surface area (Å²) in [5.74, 6) is 6.03. The predicted molar refractivity (Wildman–Crippen MR) is 123 cm³/mol. The van der Waals surface area contributed by atoms with E-state index in [-0.39, 0.29) is 5.38 Å². The molecule has 0 aromatic rings. The molecule has 9 atom stereocenters. The maximum atomic E-state index is 12.3. The third kappa shape index (κ3) is 3.64. The number of ketones is 1. The molecule has 0 bridgehead atoms. The molecule has 0 saturated heterocycles. The van der Waals surface area contributed by atoms with Crippen molar-refractivity contribution in [3.63, 3.8) is 0 Å². The van der Waals surface area contributed by atoms with E-state index < -0.39 is 0 Å². The fourth-order valence-electron chi connectivity index (χ4n) is 9.12. The van der Waals surface area contributed by atoms with Crippen LogP contribution in [0.5, 0.6) is 0 Å². The lowest BCUT2D eigenvalue weighted by molar-refractivity contribution is -0.139. The molecule has 0 aromatic carbocycles. The maximum absolute atomic E-state index is 12.3. The summed E-state index contributed by atoms with van der Waals surface area (Å²) in [6.07, 6.45) is 14.3. The molecule has 4 aliphatic rings. The van der Waals surface area contributed by atoms with Gasteiger partial charge in [0.15, 0.2) is 5.78 Å². The lowest BCUT2D eigenvalue weighted by Gasteiger charge is -2.61. The Morgan fingerprint density at radius 1 is 0.897 bits per heavy atom. The van der Waals surface area contributed by atoms with Gasteiger partial charge in [-0.05, 0) is 97.2 Å². The standard InChI is InChI=1S/C27H45ClO/c1-17(2)7-6-8-18(3)20-11-12-21-19-9-10-23-25(28)24(29)14-16-27(23,5)22(19)13-15-26(20,21)4/h17-23,25H,6-16H2,1-5H3/t18-,19+,20-,21+,22+,23-,25-,26-,27-/m1/s1. The second kappa shape index (κ2) is 8.14. The van der Waals surface area contributed by atoms with Gasteiger partial charge >= 0.3 is 0 Å². The zero-order chi connectivity index (χ0) is 21.0. The highest BCUT2D eigenvalue weighted by atomic mass is 35.5. The van der Waals surface area contributed by atoms with E-state index in [9.17, 15) is 4.79 Å². The van der Waals surface area contributed by atoms with E-state index in [4.69, 9.17) is 11.6 Å². The van der Waals surface area contributed by atoms with Gasteiger partial charge in [-0.15, -0.1) is 11.6 Å². The number of rotatable bonds is 5. The molecule has 0 aliphatic heterocycles. The van der Waals surface area contributed by atoms with Crippen LogP contribution in [-0.4, -0.2) is 11.2 Å². The van der Waals surface area contributed by atoms with E-state index in [1.165, 1.54) is 57.8 Å². The normalized spacial score (nSPS) is 48.2. The Balaban J connectivity index is 1.48. The quantitative estimate of drug-likeness (QED) is 0.413. The van der Waals surface area contributed by atoms with Gasteiger partial charge in [0.25, 0.3) is 0 Å². The SMILES string of the molecule is CC(C)CCC[C@@H](C)[C@H]1CC[C@H]2[C@@H]3CC[C@@H]4[C@@H](Cl)C(=O)CC[C@]4(C)[C@H]3CC[C@]12C. The van der Waals surface area contributed by atoms with Gasteiger partial charge in [0, 0.05) is 6.42 Å². The van der Waals surface area contributed by atoms with Crippen molar-refractivity contribution in [2.24, 2.45) is 52.3 Å². The van der Waals surface area contributed by atoms with Crippen LogP contribution in [0.2, 0.25) is 0 Å². The van der Waals surface area contributed by atoms with Crippen molar-refractivity contribution in [1.82, 2.24) is 0 Å². The molecule has 0 radical (unpaired) electrons. The first-order valence-corrected chi connectivity index (χ1v) is 13.3. The molecule has 4 rings (SSSR count). The Labute approximate surface area is 185 Å². The fraction of sp³-hybridized carbons (Fsp3) is 0.963. The van der Waals surface area contributed by atoms with Gasteiger partial charge in [-0.3, -0.25) is 4.79 Å². The van der Waals surface area contributed by atoms with Gasteiger partial charge in [-0.25, -0.2) is 0 Å². The molecule has 1 nitrogen and oxygen atoms in total. The monoisotopic (exact) mass is 420 g/mol. The Kier molecular flexibility index (Phi) is 6.22. The molecule has 29 heavy (non-hydrogen) atoms. The summed E-state index contributed by atoms with van der Waals surface area (Å²) in [6.45, 7) is 12.5. The molecule has 2 heteroatoms. The zero-order valence-corrected chi connectivity index (χ0v) is 20.4. The molecule has 4 saturated carbocycles. The summed E-state index contributed by atoms with van der Waals surface area (Å²) in [6, 6.07) is 0.